The topological polar surface area (TPSA) is 108 Å². The van der Waals surface area contributed by atoms with Crippen molar-refractivity contribution in [3.05, 3.63) is 24.3 Å². The lowest BCUT2D eigenvalue weighted by Gasteiger charge is -2.30. The van der Waals surface area contributed by atoms with Gasteiger partial charge in [0.05, 0.1) is 39.9 Å². The molecule has 56 heavy (non-hydrogen) atoms. The highest BCUT2D eigenvalue weighted by atomic mass is 31.2. The van der Waals surface area contributed by atoms with Crippen LogP contribution >= 0.6 is 7.82 Å². The van der Waals surface area contributed by atoms with Crippen LogP contribution in [0.1, 0.15) is 219 Å². The van der Waals surface area contributed by atoms with Crippen LogP contribution in [0.5, 0.6) is 0 Å². The number of nitrogens with zero attached hydrogens (tertiary/aromatic N) is 1. The fourth-order valence-corrected chi connectivity index (χ4v) is 7.64. The van der Waals surface area contributed by atoms with Crippen LogP contribution in [-0.4, -0.2) is 68.5 Å². The molecule has 0 aromatic rings. The maximum absolute atomic E-state index is 12.8. The van der Waals surface area contributed by atoms with Crippen LogP contribution < -0.4 is 10.2 Å². The largest absolute Gasteiger partial charge is 0.756 e. The SMILES string of the molecule is CCCCCCCC/C=C\C/C=C\CCC(=O)NC(COP(=O)([O-])OCC[N+](C)(C)C)C(O)CCCCCCCCCCCCCCCCCCCCCCC. The Balaban J connectivity index is 4.32. The Bertz CT molecular complexity index is 969. The number of likely N-dealkylation sites (N-methyl/N-ethyl adjacent to an activating group) is 1. The molecule has 2 N–H and O–H groups in total. The summed E-state index contributed by atoms with van der Waals surface area (Å²) >= 11 is 0. The van der Waals surface area contributed by atoms with Crippen molar-refractivity contribution in [1.82, 2.24) is 5.32 Å². The lowest BCUT2D eigenvalue weighted by molar-refractivity contribution is -0.870. The van der Waals surface area contributed by atoms with Crippen molar-refractivity contribution in [3.63, 3.8) is 0 Å². The van der Waals surface area contributed by atoms with Crippen LogP contribution in [0, 0.1) is 0 Å². The number of aliphatic hydroxyl groups excluding tert-OH is 1. The van der Waals surface area contributed by atoms with E-state index < -0.39 is 20.0 Å². The molecule has 332 valence electrons. The molecule has 0 aliphatic rings. The van der Waals surface area contributed by atoms with Gasteiger partial charge in [0, 0.05) is 6.42 Å². The number of allylic oxidation sites excluding steroid dienone is 4. The summed E-state index contributed by atoms with van der Waals surface area (Å²) in [5.41, 5.74) is 0. The van der Waals surface area contributed by atoms with Crippen LogP contribution in [0.25, 0.3) is 0 Å². The van der Waals surface area contributed by atoms with E-state index in [9.17, 15) is 19.4 Å². The van der Waals surface area contributed by atoms with Crippen molar-refractivity contribution in [2.24, 2.45) is 0 Å². The zero-order valence-corrected chi connectivity index (χ0v) is 38.5. The van der Waals surface area contributed by atoms with Gasteiger partial charge in [-0.3, -0.25) is 9.36 Å². The Morgan fingerprint density at radius 1 is 0.625 bits per heavy atom. The Labute approximate surface area is 347 Å². The molecule has 0 saturated carbocycles. The second-order valence-corrected chi connectivity index (χ2v) is 18.9. The van der Waals surface area contributed by atoms with Crippen LogP contribution in [0.3, 0.4) is 0 Å². The van der Waals surface area contributed by atoms with Crippen LogP contribution in [-0.2, 0) is 18.4 Å². The molecule has 9 heteroatoms. The first-order chi connectivity index (χ1) is 27.0. The molecule has 0 radical (unpaired) electrons. The van der Waals surface area contributed by atoms with Crippen molar-refractivity contribution in [3.8, 4) is 0 Å². The summed E-state index contributed by atoms with van der Waals surface area (Å²) in [6.07, 6.45) is 46.3. The van der Waals surface area contributed by atoms with E-state index in [-0.39, 0.29) is 25.5 Å². The number of phosphoric acid groups is 1. The molecule has 0 saturated heterocycles. The maximum Gasteiger partial charge on any atom is 0.268 e. The van der Waals surface area contributed by atoms with E-state index in [2.05, 4.69) is 37.4 Å². The number of carbonyl (C=O) groups excluding carboxylic acids is 1. The molecule has 0 aliphatic heterocycles. The number of quaternary nitrogens is 1. The summed E-state index contributed by atoms with van der Waals surface area (Å²) in [4.78, 5) is 25.3. The maximum atomic E-state index is 12.8. The summed E-state index contributed by atoms with van der Waals surface area (Å²) in [5.74, 6) is -0.230. The van der Waals surface area contributed by atoms with Gasteiger partial charge >= 0.3 is 0 Å². The Morgan fingerprint density at radius 2 is 1.04 bits per heavy atom. The predicted octanol–water partition coefficient (Wildman–Crippen LogP) is 12.7. The van der Waals surface area contributed by atoms with Crippen molar-refractivity contribution < 1.29 is 32.9 Å². The number of carbonyl (C=O) groups is 1. The average Bonchev–Trinajstić information content (AvgIpc) is 3.15. The molecule has 3 unspecified atom stereocenters. The molecule has 0 bridgehead atoms. The zero-order valence-electron chi connectivity index (χ0n) is 37.6. The minimum Gasteiger partial charge on any atom is -0.756 e. The molecule has 0 aromatic carbocycles. The highest BCUT2D eigenvalue weighted by molar-refractivity contribution is 7.45. The number of rotatable bonds is 43. The van der Waals surface area contributed by atoms with Gasteiger partial charge in [-0.2, -0.15) is 0 Å². The third-order valence-corrected chi connectivity index (χ3v) is 11.7. The number of phosphoric ester groups is 1. The monoisotopic (exact) mass is 813 g/mol. The number of unbranched alkanes of at least 4 members (excludes halogenated alkanes) is 26. The lowest BCUT2D eigenvalue weighted by Crippen LogP contribution is -2.46. The first-order valence-corrected chi connectivity index (χ1v) is 25.1. The molecular weight excluding hydrogens is 719 g/mol. The molecule has 3 atom stereocenters. The van der Waals surface area contributed by atoms with E-state index in [0.717, 1.165) is 32.1 Å². The van der Waals surface area contributed by atoms with Crippen molar-refractivity contribution >= 4 is 13.7 Å². The van der Waals surface area contributed by atoms with E-state index in [1.807, 2.05) is 27.2 Å². The van der Waals surface area contributed by atoms with E-state index >= 15 is 0 Å². The summed E-state index contributed by atoms with van der Waals surface area (Å²) in [5, 5.41) is 13.9. The van der Waals surface area contributed by atoms with Gasteiger partial charge in [0.2, 0.25) is 5.91 Å². The predicted molar refractivity (Wildman–Crippen MR) is 238 cm³/mol. The molecule has 0 spiro atoms. The number of aliphatic hydroxyl groups is 1. The summed E-state index contributed by atoms with van der Waals surface area (Å²) in [6.45, 7) is 4.68. The van der Waals surface area contributed by atoms with Gasteiger partial charge < -0.3 is 28.8 Å². The lowest BCUT2D eigenvalue weighted by atomic mass is 10.0. The molecule has 0 aliphatic carbocycles. The van der Waals surface area contributed by atoms with E-state index in [1.165, 1.54) is 154 Å². The third-order valence-electron chi connectivity index (χ3n) is 10.7. The average molecular weight is 813 g/mol. The standard InChI is InChI=1S/C47H93N2O6P/c1-6-8-10-12-14-16-18-20-21-22-23-24-25-26-27-29-30-32-34-36-38-40-46(50)45(44-55-56(52,53)54-43-42-49(3,4)5)48-47(51)41-39-37-35-33-31-28-19-17-15-13-11-9-7-2/h28,31,35,37,45-46,50H,6-27,29-30,32-34,36,38-44H2,1-5H3,(H-,48,51,52,53)/b31-28-,37-35-. The van der Waals surface area contributed by atoms with Gasteiger partial charge in [-0.05, 0) is 32.1 Å². The molecule has 0 heterocycles. The van der Waals surface area contributed by atoms with Crippen LogP contribution in [0.4, 0.5) is 0 Å². The first-order valence-electron chi connectivity index (χ1n) is 23.7. The van der Waals surface area contributed by atoms with Crippen molar-refractivity contribution in [2.75, 3.05) is 40.9 Å². The van der Waals surface area contributed by atoms with Crippen molar-refractivity contribution in [1.29, 1.82) is 0 Å². The first kappa shape index (κ1) is 55.0. The highest BCUT2D eigenvalue weighted by Crippen LogP contribution is 2.38. The fourth-order valence-electron chi connectivity index (χ4n) is 6.91. The van der Waals surface area contributed by atoms with Crippen LogP contribution in [0.15, 0.2) is 24.3 Å². The van der Waals surface area contributed by atoms with Gasteiger partial charge in [-0.1, -0.05) is 205 Å². The highest BCUT2D eigenvalue weighted by Gasteiger charge is 2.24. The molecule has 8 nitrogen and oxygen atoms in total. The quantitative estimate of drug-likeness (QED) is 0.0275. The Morgan fingerprint density at radius 3 is 1.48 bits per heavy atom. The zero-order chi connectivity index (χ0) is 41.4. The third kappa shape index (κ3) is 41.2. The molecular formula is C47H93N2O6P. The second-order valence-electron chi connectivity index (χ2n) is 17.5. The number of hydrogen-bond acceptors (Lipinski definition) is 6. The van der Waals surface area contributed by atoms with Gasteiger partial charge in [0.1, 0.15) is 13.2 Å². The summed E-state index contributed by atoms with van der Waals surface area (Å²) in [7, 11) is 1.28. The van der Waals surface area contributed by atoms with E-state index in [1.54, 1.807) is 0 Å². The minimum absolute atomic E-state index is 0.00384. The second kappa shape index (κ2) is 39.4. The molecule has 1 amide bonds. The van der Waals surface area contributed by atoms with E-state index in [0.29, 0.717) is 23.9 Å². The number of nitrogens with one attached hydrogen (secondary N) is 1. The van der Waals surface area contributed by atoms with Crippen molar-refractivity contribution in [2.45, 2.75) is 231 Å². The summed E-state index contributed by atoms with van der Waals surface area (Å²) < 4.78 is 23.2. The molecule has 0 rings (SSSR count). The van der Waals surface area contributed by atoms with E-state index in [4.69, 9.17) is 9.05 Å². The van der Waals surface area contributed by atoms with Crippen LogP contribution in [0.2, 0.25) is 0 Å². The summed E-state index contributed by atoms with van der Waals surface area (Å²) in [6, 6.07) is -0.828. The Hall–Kier alpha value is -1.02. The van der Waals surface area contributed by atoms with Gasteiger partial charge in [0.15, 0.2) is 0 Å². The number of hydrogen-bond donors (Lipinski definition) is 2. The number of amides is 1. The fraction of sp³-hybridized carbons (Fsp3) is 0.894. The smallest absolute Gasteiger partial charge is 0.268 e. The molecule has 0 fully saturated rings. The van der Waals surface area contributed by atoms with Gasteiger partial charge in [-0.15, -0.1) is 0 Å². The normalized spacial score (nSPS) is 14.5. The van der Waals surface area contributed by atoms with Gasteiger partial charge in [-0.25, -0.2) is 0 Å². The minimum atomic E-state index is -4.58. The van der Waals surface area contributed by atoms with Gasteiger partial charge in [0.25, 0.3) is 7.82 Å². The molecule has 0 aromatic heterocycles. The Kier molecular flexibility index (Phi) is 38.7.